The molecule has 0 N–H and O–H groups in total. The molecule has 0 radical (unpaired) electrons. The van der Waals surface area contributed by atoms with Crippen molar-refractivity contribution in [2.24, 2.45) is 11.8 Å². The fraction of sp³-hybridized carbons (Fsp3) is 0.971. The Kier molecular flexibility index (Phi) is 28.6. The predicted molar refractivity (Wildman–Crippen MR) is 161 cm³/mol. The molecule has 0 spiro atoms. The zero-order valence-electron chi connectivity index (χ0n) is 25.6. The number of rotatable bonds is 29. The van der Waals surface area contributed by atoms with Gasteiger partial charge in [-0.3, -0.25) is 4.79 Å². The summed E-state index contributed by atoms with van der Waals surface area (Å²) in [6.45, 7) is 9.57. The van der Waals surface area contributed by atoms with Gasteiger partial charge in [-0.05, 0) is 25.2 Å². The van der Waals surface area contributed by atoms with E-state index in [1.165, 1.54) is 161 Å². The summed E-state index contributed by atoms with van der Waals surface area (Å²) in [6.07, 6.45) is 34.6. The third-order valence-corrected chi connectivity index (χ3v) is 8.04. The topological polar surface area (TPSA) is 26.3 Å². The summed E-state index contributed by atoms with van der Waals surface area (Å²) >= 11 is 0. The van der Waals surface area contributed by atoms with E-state index < -0.39 is 0 Å². The predicted octanol–water partition coefficient (Wildman–Crippen LogP) is 12.0. The van der Waals surface area contributed by atoms with Crippen LogP contribution in [0.2, 0.25) is 0 Å². The largest absolute Gasteiger partial charge is 0.465 e. The molecule has 0 aliphatic rings. The van der Waals surface area contributed by atoms with Crippen molar-refractivity contribution >= 4 is 5.97 Å². The first kappa shape index (κ1) is 35.5. The van der Waals surface area contributed by atoms with E-state index in [1.807, 2.05) is 0 Å². The van der Waals surface area contributed by atoms with Gasteiger partial charge in [0.05, 0.1) is 12.5 Å². The molecule has 0 aliphatic heterocycles. The third-order valence-electron chi connectivity index (χ3n) is 8.04. The Labute approximate surface area is 228 Å². The van der Waals surface area contributed by atoms with Gasteiger partial charge >= 0.3 is 5.97 Å². The number of esters is 1. The van der Waals surface area contributed by atoms with Gasteiger partial charge in [0.2, 0.25) is 0 Å². The second-order valence-electron chi connectivity index (χ2n) is 11.8. The molecule has 0 rings (SSSR count). The van der Waals surface area contributed by atoms with Crippen molar-refractivity contribution in [1.29, 1.82) is 0 Å². The lowest BCUT2D eigenvalue weighted by Crippen LogP contribution is -2.20. The molecule has 2 atom stereocenters. The van der Waals surface area contributed by atoms with Gasteiger partial charge in [-0.15, -0.1) is 0 Å². The van der Waals surface area contributed by atoms with Gasteiger partial charge in [-0.2, -0.15) is 0 Å². The SMILES string of the molecule is CCCCCCCCCCCCCCCC(C)C(=O)OCC(CCCCCC)CCCCCCCC. The Hall–Kier alpha value is -0.530. The molecule has 2 unspecified atom stereocenters. The van der Waals surface area contributed by atoms with Crippen LogP contribution in [0.3, 0.4) is 0 Å². The van der Waals surface area contributed by atoms with E-state index >= 15 is 0 Å². The average Bonchev–Trinajstić information content (AvgIpc) is 2.88. The van der Waals surface area contributed by atoms with Crippen molar-refractivity contribution in [2.45, 2.75) is 195 Å². The van der Waals surface area contributed by atoms with Crippen LogP contribution in [0.4, 0.5) is 0 Å². The number of hydrogen-bond acceptors (Lipinski definition) is 2. The summed E-state index contributed by atoms with van der Waals surface area (Å²) in [5, 5.41) is 0. The van der Waals surface area contributed by atoms with Crippen LogP contribution in [0.15, 0.2) is 0 Å². The van der Waals surface area contributed by atoms with E-state index in [0.29, 0.717) is 12.5 Å². The Morgan fingerprint density at radius 1 is 0.472 bits per heavy atom. The molecule has 0 aliphatic carbocycles. The molecule has 0 aromatic heterocycles. The monoisotopic (exact) mass is 509 g/mol. The molecule has 2 nitrogen and oxygen atoms in total. The molecule has 0 aromatic carbocycles. The minimum atomic E-state index is 0.0513. The first-order chi connectivity index (χ1) is 17.7. The van der Waals surface area contributed by atoms with Crippen molar-refractivity contribution in [3.8, 4) is 0 Å². The number of unbranched alkanes of at least 4 members (excludes halogenated alkanes) is 20. The second-order valence-corrected chi connectivity index (χ2v) is 11.8. The normalized spacial score (nSPS) is 13.1. The minimum absolute atomic E-state index is 0.0513. The van der Waals surface area contributed by atoms with Gasteiger partial charge in [0.1, 0.15) is 0 Å². The highest BCUT2D eigenvalue weighted by Crippen LogP contribution is 2.21. The van der Waals surface area contributed by atoms with Gasteiger partial charge in [0.25, 0.3) is 0 Å². The smallest absolute Gasteiger partial charge is 0.308 e. The molecule has 0 bridgehead atoms. The Morgan fingerprint density at radius 3 is 1.17 bits per heavy atom. The number of carbonyl (C=O) groups is 1. The second kappa shape index (κ2) is 29.0. The fourth-order valence-corrected chi connectivity index (χ4v) is 5.31. The summed E-state index contributed by atoms with van der Waals surface area (Å²) in [5.74, 6) is 0.684. The molecule has 0 saturated heterocycles. The molecule has 216 valence electrons. The number of hydrogen-bond donors (Lipinski definition) is 0. The lowest BCUT2D eigenvalue weighted by Gasteiger charge is -2.19. The number of carbonyl (C=O) groups excluding carboxylic acids is 1. The maximum atomic E-state index is 12.6. The van der Waals surface area contributed by atoms with Crippen LogP contribution in [0.5, 0.6) is 0 Å². The van der Waals surface area contributed by atoms with Gasteiger partial charge in [-0.1, -0.05) is 175 Å². The highest BCUT2D eigenvalue weighted by molar-refractivity contribution is 5.71. The van der Waals surface area contributed by atoms with Crippen LogP contribution < -0.4 is 0 Å². The fourth-order valence-electron chi connectivity index (χ4n) is 5.31. The highest BCUT2D eigenvalue weighted by atomic mass is 16.5. The van der Waals surface area contributed by atoms with E-state index in [4.69, 9.17) is 4.74 Å². The van der Waals surface area contributed by atoms with Crippen LogP contribution in [-0.4, -0.2) is 12.6 Å². The molecule has 2 heteroatoms. The number of ether oxygens (including phenoxy) is 1. The van der Waals surface area contributed by atoms with Crippen molar-refractivity contribution in [2.75, 3.05) is 6.61 Å². The summed E-state index contributed by atoms with van der Waals surface area (Å²) in [7, 11) is 0. The Balaban J connectivity index is 3.85. The molecular formula is C34H68O2. The van der Waals surface area contributed by atoms with Crippen LogP contribution >= 0.6 is 0 Å². The molecule has 36 heavy (non-hydrogen) atoms. The summed E-state index contributed by atoms with van der Waals surface area (Å²) in [6, 6.07) is 0. The van der Waals surface area contributed by atoms with Crippen LogP contribution in [-0.2, 0) is 9.53 Å². The minimum Gasteiger partial charge on any atom is -0.465 e. The highest BCUT2D eigenvalue weighted by Gasteiger charge is 2.17. The third kappa shape index (κ3) is 25.1. The van der Waals surface area contributed by atoms with Crippen molar-refractivity contribution in [3.05, 3.63) is 0 Å². The standard InChI is InChI=1S/C34H68O2/c1-5-8-11-14-16-17-18-19-20-21-22-23-25-28-32(4)34(35)36-31-33(29-26-13-10-7-3)30-27-24-15-12-9-6-2/h32-33H,5-31H2,1-4H3. The van der Waals surface area contributed by atoms with E-state index in [1.54, 1.807) is 0 Å². The van der Waals surface area contributed by atoms with Crippen molar-refractivity contribution < 1.29 is 9.53 Å². The van der Waals surface area contributed by atoms with E-state index in [2.05, 4.69) is 27.7 Å². The van der Waals surface area contributed by atoms with Crippen molar-refractivity contribution in [1.82, 2.24) is 0 Å². The zero-order chi connectivity index (χ0) is 26.5. The summed E-state index contributed by atoms with van der Waals surface area (Å²) in [4.78, 5) is 12.6. The quantitative estimate of drug-likeness (QED) is 0.0741. The average molecular weight is 509 g/mol. The van der Waals surface area contributed by atoms with Crippen LogP contribution in [0, 0.1) is 11.8 Å². The lowest BCUT2D eigenvalue weighted by molar-refractivity contribution is -0.149. The lowest BCUT2D eigenvalue weighted by atomic mass is 9.95. The molecule has 0 amide bonds. The summed E-state index contributed by atoms with van der Waals surface area (Å²) in [5.41, 5.74) is 0. The first-order valence-corrected chi connectivity index (χ1v) is 16.8. The molecule has 0 aromatic rings. The van der Waals surface area contributed by atoms with Gasteiger partial charge in [0.15, 0.2) is 0 Å². The van der Waals surface area contributed by atoms with E-state index in [0.717, 1.165) is 6.42 Å². The van der Waals surface area contributed by atoms with Gasteiger partial charge in [-0.25, -0.2) is 0 Å². The van der Waals surface area contributed by atoms with E-state index in [-0.39, 0.29) is 11.9 Å². The summed E-state index contributed by atoms with van der Waals surface area (Å²) < 4.78 is 5.84. The van der Waals surface area contributed by atoms with Crippen molar-refractivity contribution in [3.63, 3.8) is 0 Å². The molecule has 0 saturated carbocycles. The molecular weight excluding hydrogens is 440 g/mol. The zero-order valence-corrected chi connectivity index (χ0v) is 25.6. The Morgan fingerprint density at radius 2 is 0.778 bits per heavy atom. The van der Waals surface area contributed by atoms with Crippen LogP contribution in [0.1, 0.15) is 195 Å². The van der Waals surface area contributed by atoms with Gasteiger partial charge < -0.3 is 4.74 Å². The molecule has 0 fully saturated rings. The van der Waals surface area contributed by atoms with Crippen LogP contribution in [0.25, 0.3) is 0 Å². The van der Waals surface area contributed by atoms with Gasteiger partial charge in [0, 0.05) is 0 Å². The maximum Gasteiger partial charge on any atom is 0.308 e. The van der Waals surface area contributed by atoms with E-state index in [9.17, 15) is 4.79 Å². The Bertz CT molecular complexity index is 433. The first-order valence-electron chi connectivity index (χ1n) is 16.8. The maximum absolute atomic E-state index is 12.6. The molecule has 0 heterocycles.